The van der Waals surface area contributed by atoms with Crippen molar-refractivity contribution in [3.05, 3.63) is 101 Å². The number of hydrogen-bond donors (Lipinski definition) is 2. The molecule has 1 amide bonds. The van der Waals surface area contributed by atoms with Crippen molar-refractivity contribution in [3.8, 4) is 5.75 Å². The van der Waals surface area contributed by atoms with Crippen LogP contribution in [-0.2, 0) is 11.0 Å². The van der Waals surface area contributed by atoms with Crippen LogP contribution in [0.2, 0.25) is 0 Å². The van der Waals surface area contributed by atoms with Gasteiger partial charge in [-0.25, -0.2) is 0 Å². The van der Waals surface area contributed by atoms with Crippen molar-refractivity contribution in [2.45, 2.75) is 30.9 Å². The number of benzene rings is 3. The van der Waals surface area contributed by atoms with E-state index in [9.17, 15) is 31.1 Å². The zero-order valence-corrected chi connectivity index (χ0v) is 19.2. The van der Waals surface area contributed by atoms with E-state index in [4.69, 9.17) is 0 Å². The van der Waals surface area contributed by atoms with Crippen molar-refractivity contribution in [2.75, 3.05) is 13.6 Å². The summed E-state index contributed by atoms with van der Waals surface area (Å²) in [4.78, 5) is 12.4. The Balaban J connectivity index is 1.88. The summed E-state index contributed by atoms with van der Waals surface area (Å²) >= 11 is 0. The van der Waals surface area contributed by atoms with Gasteiger partial charge in [0.15, 0.2) is 0 Å². The fraction of sp³-hybridized carbons (Fsp3) is 0.269. The molecule has 192 valence electrons. The molecule has 0 saturated carbocycles. The maximum absolute atomic E-state index is 13.0. The first-order valence-electron chi connectivity index (χ1n) is 11.0. The molecule has 0 heterocycles. The lowest BCUT2D eigenvalue weighted by atomic mass is 9.87. The van der Waals surface area contributed by atoms with Crippen molar-refractivity contribution in [3.63, 3.8) is 0 Å². The third kappa shape index (κ3) is 7.48. The fourth-order valence-electron chi connectivity index (χ4n) is 3.88. The molecule has 0 aliphatic rings. The van der Waals surface area contributed by atoms with Gasteiger partial charge >= 0.3 is 12.5 Å². The Morgan fingerprint density at radius 3 is 2.06 bits per heavy atom. The summed E-state index contributed by atoms with van der Waals surface area (Å²) < 4.78 is 81.4. The molecule has 4 nitrogen and oxygen atoms in total. The maximum atomic E-state index is 13.0. The average molecular weight is 510 g/mol. The second-order valence-corrected chi connectivity index (χ2v) is 7.99. The average Bonchev–Trinajstić information content (AvgIpc) is 2.83. The van der Waals surface area contributed by atoms with E-state index in [1.54, 1.807) is 36.4 Å². The Kier molecular flexibility index (Phi) is 8.62. The van der Waals surface area contributed by atoms with Crippen LogP contribution in [0.5, 0.6) is 5.75 Å². The van der Waals surface area contributed by atoms with Crippen molar-refractivity contribution >= 4 is 5.91 Å². The smallest absolute Gasteiger partial charge is 0.406 e. The molecule has 3 rings (SSSR count). The van der Waals surface area contributed by atoms with Gasteiger partial charge in [-0.05, 0) is 53.9 Å². The SMILES string of the molecule is CNC(=O)[C@@H](NCC[C@H](c1ccc(C(F)(F)F)cc1)c1cccc(OC(F)(F)F)c1)c1ccccc1. The minimum Gasteiger partial charge on any atom is -0.406 e. The van der Waals surface area contributed by atoms with Crippen molar-refractivity contribution in [1.29, 1.82) is 0 Å². The first-order chi connectivity index (χ1) is 17.0. The number of rotatable bonds is 9. The lowest BCUT2D eigenvalue weighted by Gasteiger charge is -2.23. The Hall–Kier alpha value is -3.53. The predicted molar refractivity (Wildman–Crippen MR) is 122 cm³/mol. The van der Waals surface area contributed by atoms with E-state index in [-0.39, 0.29) is 18.9 Å². The molecule has 0 spiro atoms. The summed E-state index contributed by atoms with van der Waals surface area (Å²) in [6.07, 6.45) is -9.13. The number of carbonyl (C=O) groups is 1. The van der Waals surface area contributed by atoms with E-state index >= 15 is 0 Å². The second-order valence-electron chi connectivity index (χ2n) is 7.99. The normalized spacial score (nSPS) is 13.6. The summed E-state index contributed by atoms with van der Waals surface area (Å²) in [6, 6.07) is 18.0. The molecular weight excluding hydrogens is 486 g/mol. The van der Waals surface area contributed by atoms with Gasteiger partial charge in [0, 0.05) is 13.0 Å². The number of nitrogens with one attached hydrogen (secondary N) is 2. The molecule has 0 aliphatic heterocycles. The lowest BCUT2D eigenvalue weighted by molar-refractivity contribution is -0.274. The van der Waals surface area contributed by atoms with Crippen LogP contribution in [0.15, 0.2) is 78.9 Å². The van der Waals surface area contributed by atoms with Gasteiger partial charge in [0.25, 0.3) is 0 Å². The van der Waals surface area contributed by atoms with Crippen LogP contribution in [-0.4, -0.2) is 25.9 Å². The Labute approximate surface area is 204 Å². The fourth-order valence-corrected chi connectivity index (χ4v) is 3.88. The predicted octanol–water partition coefficient (Wildman–Crippen LogP) is 6.20. The lowest BCUT2D eigenvalue weighted by Crippen LogP contribution is -2.36. The maximum Gasteiger partial charge on any atom is 0.573 e. The number of alkyl halides is 6. The zero-order chi connectivity index (χ0) is 26.3. The Morgan fingerprint density at radius 1 is 0.833 bits per heavy atom. The van der Waals surface area contributed by atoms with Gasteiger partial charge in [0.1, 0.15) is 11.8 Å². The van der Waals surface area contributed by atoms with Gasteiger partial charge in [-0.1, -0.05) is 54.6 Å². The molecule has 0 aliphatic carbocycles. The highest BCUT2D eigenvalue weighted by molar-refractivity contribution is 5.82. The van der Waals surface area contributed by atoms with Crippen LogP contribution < -0.4 is 15.4 Å². The number of carbonyl (C=O) groups excluding carboxylic acids is 1. The topological polar surface area (TPSA) is 50.4 Å². The molecule has 3 aromatic carbocycles. The van der Waals surface area contributed by atoms with Crippen LogP contribution in [0, 0.1) is 0 Å². The Bertz CT molecular complexity index is 1130. The molecule has 3 aromatic rings. The third-order valence-corrected chi connectivity index (χ3v) is 5.56. The molecule has 0 fully saturated rings. The number of hydrogen-bond acceptors (Lipinski definition) is 3. The minimum atomic E-state index is -4.89. The van der Waals surface area contributed by atoms with Crippen LogP contribution in [0.3, 0.4) is 0 Å². The van der Waals surface area contributed by atoms with E-state index < -0.39 is 35.8 Å². The van der Waals surface area contributed by atoms with Crippen LogP contribution >= 0.6 is 0 Å². The van der Waals surface area contributed by atoms with E-state index in [2.05, 4.69) is 15.4 Å². The van der Waals surface area contributed by atoms with Crippen LogP contribution in [0.4, 0.5) is 26.3 Å². The van der Waals surface area contributed by atoms with Gasteiger partial charge in [0.05, 0.1) is 5.56 Å². The molecular formula is C26H24F6N2O2. The summed E-state index contributed by atoms with van der Waals surface area (Å²) in [5.41, 5.74) is 0.782. The third-order valence-electron chi connectivity index (χ3n) is 5.56. The number of likely N-dealkylation sites (N-methyl/N-ethyl adjacent to an activating group) is 1. The van der Waals surface area contributed by atoms with Crippen LogP contribution in [0.25, 0.3) is 0 Å². The summed E-state index contributed by atoms with van der Waals surface area (Å²) in [6.45, 7) is 0.239. The molecule has 0 aromatic heterocycles. The van der Waals surface area contributed by atoms with Crippen molar-refractivity contribution in [1.82, 2.24) is 10.6 Å². The van der Waals surface area contributed by atoms with Gasteiger partial charge in [-0.2, -0.15) is 13.2 Å². The first kappa shape index (κ1) is 27.1. The summed E-state index contributed by atoms with van der Waals surface area (Å²) in [5.74, 6) is -1.29. The van der Waals surface area contributed by atoms with Crippen LogP contribution in [0.1, 0.15) is 40.6 Å². The van der Waals surface area contributed by atoms with E-state index in [1.165, 1.54) is 31.3 Å². The molecule has 0 saturated heterocycles. The Morgan fingerprint density at radius 2 is 1.47 bits per heavy atom. The molecule has 0 radical (unpaired) electrons. The molecule has 0 bridgehead atoms. The van der Waals surface area contributed by atoms with Gasteiger partial charge in [0.2, 0.25) is 5.91 Å². The monoisotopic (exact) mass is 510 g/mol. The second kappa shape index (κ2) is 11.5. The summed E-state index contributed by atoms with van der Waals surface area (Å²) in [7, 11) is 1.50. The van der Waals surface area contributed by atoms with Gasteiger partial charge < -0.3 is 15.4 Å². The highest BCUT2D eigenvalue weighted by Crippen LogP contribution is 2.35. The standard InChI is InChI=1S/C26H24F6N2O2/c1-33-24(35)23(18-6-3-2-4-7-18)34-15-14-22(17-10-12-20(13-11-17)25(27,28)29)19-8-5-9-21(16-19)36-26(30,31)32/h2-13,16,22-23,34H,14-15H2,1H3,(H,33,35)/t22-,23+/m1/s1. The molecule has 10 heteroatoms. The van der Waals surface area contributed by atoms with Crippen molar-refractivity contribution < 1.29 is 35.9 Å². The van der Waals surface area contributed by atoms with E-state index in [0.717, 1.165) is 18.2 Å². The minimum absolute atomic E-state index is 0.239. The zero-order valence-electron chi connectivity index (χ0n) is 19.2. The van der Waals surface area contributed by atoms with E-state index in [1.807, 2.05) is 0 Å². The number of amides is 1. The van der Waals surface area contributed by atoms with Gasteiger partial charge in [-0.3, -0.25) is 4.79 Å². The highest BCUT2D eigenvalue weighted by atomic mass is 19.4. The summed E-state index contributed by atoms with van der Waals surface area (Å²) in [5, 5.41) is 5.73. The van der Waals surface area contributed by atoms with E-state index in [0.29, 0.717) is 16.7 Å². The molecule has 36 heavy (non-hydrogen) atoms. The van der Waals surface area contributed by atoms with Gasteiger partial charge in [-0.15, -0.1) is 13.2 Å². The molecule has 2 atom stereocenters. The highest BCUT2D eigenvalue weighted by Gasteiger charge is 2.32. The molecule has 2 N–H and O–H groups in total. The largest absolute Gasteiger partial charge is 0.573 e. The molecule has 0 unspecified atom stereocenters. The quantitative estimate of drug-likeness (QED) is 0.337. The first-order valence-corrected chi connectivity index (χ1v) is 11.0. The number of halogens is 6. The number of ether oxygens (including phenoxy) is 1. The van der Waals surface area contributed by atoms with Crippen molar-refractivity contribution in [2.24, 2.45) is 0 Å².